The molecule has 1 heterocycles. The zero-order valence-electron chi connectivity index (χ0n) is 23.4. The van der Waals surface area contributed by atoms with Gasteiger partial charge in [0, 0.05) is 17.7 Å². The van der Waals surface area contributed by atoms with E-state index in [0.29, 0.717) is 6.54 Å². The van der Waals surface area contributed by atoms with Gasteiger partial charge in [0.05, 0.1) is 0 Å². The van der Waals surface area contributed by atoms with Gasteiger partial charge < -0.3 is 0 Å². The Balaban J connectivity index is 0.000000182. The molecule has 0 N–H and O–H groups in total. The molecular weight excluding hydrogens is 497 g/mol. The minimum absolute atomic E-state index is 0.135. The standard InChI is InChI=1S/C24H20B.C14H14NO/c1-5-13-21(14-6-1)25(22-15-7-2-8-16-22,23-17-9-3-10-18-23)24-19-11-4-12-20-24;1-12-5-7-13(8-6-12)14(16)11-15-9-3-2-4-10-15/h1-20H;2-10H,11H2,1H3/q-1;+1. The van der Waals surface area contributed by atoms with Crippen LogP contribution in [0.15, 0.2) is 176 Å². The highest BCUT2D eigenvalue weighted by Gasteiger charge is 2.31. The molecule has 5 aromatic carbocycles. The van der Waals surface area contributed by atoms with Crippen LogP contribution in [0.3, 0.4) is 0 Å². The van der Waals surface area contributed by atoms with Gasteiger partial charge >= 0.3 is 0 Å². The quantitative estimate of drug-likeness (QED) is 0.157. The molecular formula is C38H34BNO. The summed E-state index contributed by atoms with van der Waals surface area (Å²) in [7, 11) is 0. The zero-order chi connectivity index (χ0) is 28.3. The number of carbonyl (C=O) groups excluding carboxylic acids is 1. The second-order valence-electron chi connectivity index (χ2n) is 10.3. The molecule has 0 saturated carbocycles. The van der Waals surface area contributed by atoms with E-state index in [-0.39, 0.29) is 5.78 Å². The molecule has 0 spiro atoms. The lowest BCUT2D eigenvalue weighted by molar-refractivity contribution is -0.683. The fraction of sp³-hybridized carbons (Fsp3) is 0.0526. The SMILES string of the molecule is Cc1ccc(C(=O)C[n+]2ccccc2)cc1.c1ccc([B-](c2ccccc2)(c2ccccc2)c2ccccc2)cc1. The third-order valence-electron chi connectivity index (χ3n) is 7.68. The summed E-state index contributed by atoms with van der Waals surface area (Å²) in [5.74, 6) is 0.135. The van der Waals surface area contributed by atoms with E-state index in [1.807, 2.05) is 66.3 Å². The Morgan fingerprint density at radius 2 is 0.829 bits per heavy atom. The molecule has 0 aliphatic rings. The highest BCUT2D eigenvalue weighted by molar-refractivity contribution is 7.19. The number of pyridine rings is 1. The van der Waals surface area contributed by atoms with Crippen LogP contribution in [-0.2, 0) is 6.54 Å². The van der Waals surface area contributed by atoms with Crippen molar-refractivity contribution in [3.05, 3.63) is 187 Å². The van der Waals surface area contributed by atoms with Crippen molar-refractivity contribution < 1.29 is 9.36 Å². The molecule has 2 nitrogen and oxygen atoms in total. The molecule has 0 unspecified atom stereocenters. The van der Waals surface area contributed by atoms with Gasteiger partial charge in [-0.15, -0.1) is 0 Å². The number of Topliss-reactive ketones (excluding diaryl/α,β-unsaturated/α-hetero) is 1. The summed E-state index contributed by atoms with van der Waals surface area (Å²) >= 11 is 0. The number of hydrogen-bond donors (Lipinski definition) is 0. The summed E-state index contributed by atoms with van der Waals surface area (Å²) in [6.45, 7) is 2.41. The highest BCUT2D eigenvalue weighted by Crippen LogP contribution is 2.09. The fourth-order valence-corrected chi connectivity index (χ4v) is 5.66. The second kappa shape index (κ2) is 13.4. The predicted octanol–water partition coefficient (Wildman–Crippen LogP) is 5.23. The van der Waals surface area contributed by atoms with Gasteiger partial charge in [-0.25, -0.2) is 0 Å². The number of ketones is 1. The number of benzene rings is 5. The van der Waals surface area contributed by atoms with Crippen LogP contribution in [0.1, 0.15) is 15.9 Å². The van der Waals surface area contributed by atoms with E-state index in [1.54, 1.807) is 0 Å². The van der Waals surface area contributed by atoms with Crippen molar-refractivity contribution in [2.24, 2.45) is 0 Å². The van der Waals surface area contributed by atoms with E-state index in [0.717, 1.165) is 5.56 Å². The Labute approximate surface area is 243 Å². The van der Waals surface area contributed by atoms with Gasteiger partial charge in [0.2, 0.25) is 12.3 Å². The molecule has 0 saturated heterocycles. The van der Waals surface area contributed by atoms with Crippen molar-refractivity contribution >= 4 is 33.8 Å². The van der Waals surface area contributed by atoms with Gasteiger partial charge in [-0.1, -0.05) is 157 Å². The first-order valence-electron chi connectivity index (χ1n) is 14.1. The van der Waals surface area contributed by atoms with Gasteiger partial charge in [-0.05, 0) is 6.92 Å². The molecule has 0 aliphatic carbocycles. The van der Waals surface area contributed by atoms with Crippen molar-refractivity contribution in [2.45, 2.75) is 13.5 Å². The van der Waals surface area contributed by atoms with Crippen LogP contribution in [0.5, 0.6) is 0 Å². The minimum atomic E-state index is -1.22. The van der Waals surface area contributed by atoms with Crippen LogP contribution in [0.2, 0.25) is 0 Å². The van der Waals surface area contributed by atoms with E-state index < -0.39 is 6.15 Å². The molecule has 1 aromatic heterocycles. The lowest BCUT2D eigenvalue weighted by atomic mass is 9.13. The second-order valence-corrected chi connectivity index (χ2v) is 10.3. The monoisotopic (exact) mass is 531 g/mol. The summed E-state index contributed by atoms with van der Waals surface area (Å²) in [6, 6.07) is 57.0. The molecule has 0 aliphatic heterocycles. The maximum absolute atomic E-state index is 11.9. The molecule has 0 atom stereocenters. The third-order valence-corrected chi connectivity index (χ3v) is 7.68. The topological polar surface area (TPSA) is 20.9 Å². The van der Waals surface area contributed by atoms with Crippen molar-refractivity contribution in [1.82, 2.24) is 0 Å². The lowest BCUT2D eigenvalue weighted by Crippen LogP contribution is -2.74. The largest absolute Gasteiger partial charge is 0.287 e. The zero-order valence-corrected chi connectivity index (χ0v) is 23.4. The number of aryl methyl sites for hydroxylation is 1. The number of hydrogen-bond acceptors (Lipinski definition) is 1. The predicted molar refractivity (Wildman–Crippen MR) is 172 cm³/mol. The van der Waals surface area contributed by atoms with Crippen LogP contribution in [-0.4, -0.2) is 11.9 Å². The minimum Gasteiger partial charge on any atom is -0.287 e. The number of carbonyl (C=O) groups is 1. The number of rotatable bonds is 7. The smallest absolute Gasteiger partial charge is 0.227 e. The van der Waals surface area contributed by atoms with E-state index in [2.05, 4.69) is 121 Å². The summed E-state index contributed by atoms with van der Waals surface area (Å²) in [6.07, 6.45) is 2.57. The van der Waals surface area contributed by atoms with E-state index in [1.165, 1.54) is 27.4 Å². The number of aromatic nitrogens is 1. The van der Waals surface area contributed by atoms with Gasteiger partial charge in [0.25, 0.3) is 0 Å². The van der Waals surface area contributed by atoms with Gasteiger partial charge in [-0.2, -0.15) is 26.4 Å². The van der Waals surface area contributed by atoms with Gasteiger partial charge in [0.15, 0.2) is 12.4 Å². The van der Waals surface area contributed by atoms with Crippen LogP contribution >= 0.6 is 0 Å². The summed E-state index contributed by atoms with van der Waals surface area (Å²) < 4.78 is 1.88. The molecule has 0 bridgehead atoms. The Morgan fingerprint density at radius 3 is 1.20 bits per heavy atom. The Bertz CT molecular complexity index is 1470. The first kappa shape index (κ1) is 27.5. The van der Waals surface area contributed by atoms with Crippen molar-refractivity contribution in [1.29, 1.82) is 0 Å². The average molecular weight is 532 g/mol. The van der Waals surface area contributed by atoms with Crippen LogP contribution in [0, 0.1) is 6.92 Å². The Hall–Kier alpha value is -5.02. The van der Waals surface area contributed by atoms with Gasteiger partial charge in [0.1, 0.15) is 6.15 Å². The van der Waals surface area contributed by atoms with E-state index in [4.69, 9.17) is 0 Å². The molecule has 0 amide bonds. The first-order chi connectivity index (χ1) is 20.2. The normalized spacial score (nSPS) is 10.8. The number of nitrogens with zero attached hydrogens (tertiary/aromatic N) is 1. The van der Waals surface area contributed by atoms with E-state index >= 15 is 0 Å². The molecule has 0 fully saturated rings. The van der Waals surface area contributed by atoms with Crippen LogP contribution in [0.4, 0.5) is 0 Å². The first-order valence-corrected chi connectivity index (χ1v) is 14.1. The summed E-state index contributed by atoms with van der Waals surface area (Å²) in [5.41, 5.74) is 7.29. The Kier molecular flexibility index (Phi) is 8.98. The molecule has 41 heavy (non-hydrogen) atoms. The maximum Gasteiger partial charge on any atom is 0.227 e. The van der Waals surface area contributed by atoms with Gasteiger partial charge in [-0.3, -0.25) is 4.79 Å². The van der Waals surface area contributed by atoms with Crippen molar-refractivity contribution in [2.75, 3.05) is 0 Å². The lowest BCUT2D eigenvalue weighted by Gasteiger charge is -2.44. The Morgan fingerprint density at radius 1 is 0.488 bits per heavy atom. The average Bonchev–Trinajstić information content (AvgIpc) is 3.05. The van der Waals surface area contributed by atoms with E-state index in [9.17, 15) is 4.79 Å². The van der Waals surface area contributed by atoms with Crippen LogP contribution < -0.4 is 26.4 Å². The summed E-state index contributed by atoms with van der Waals surface area (Å²) in [5, 5.41) is 0. The maximum atomic E-state index is 11.9. The molecule has 200 valence electrons. The molecule has 3 heteroatoms. The van der Waals surface area contributed by atoms with Crippen molar-refractivity contribution in [3.8, 4) is 0 Å². The molecule has 6 aromatic rings. The molecule has 6 rings (SSSR count). The fourth-order valence-electron chi connectivity index (χ4n) is 5.66. The third kappa shape index (κ3) is 6.42. The molecule has 0 radical (unpaired) electrons. The van der Waals surface area contributed by atoms with Crippen LogP contribution in [0.25, 0.3) is 0 Å². The van der Waals surface area contributed by atoms with Crippen molar-refractivity contribution in [3.63, 3.8) is 0 Å². The highest BCUT2D eigenvalue weighted by atomic mass is 16.1. The summed E-state index contributed by atoms with van der Waals surface area (Å²) in [4.78, 5) is 11.9.